The summed E-state index contributed by atoms with van der Waals surface area (Å²) < 4.78 is 31.9. The van der Waals surface area contributed by atoms with Crippen molar-refractivity contribution in [2.24, 2.45) is 0 Å². The van der Waals surface area contributed by atoms with Crippen LogP contribution in [0.1, 0.15) is 19.8 Å². The Morgan fingerprint density at radius 2 is 2.09 bits per heavy atom. The number of likely N-dealkylation sites (N-methyl/N-ethyl adjacent to an activating group) is 1. The van der Waals surface area contributed by atoms with Gasteiger partial charge in [-0.25, -0.2) is 13.1 Å². The highest BCUT2D eigenvalue weighted by Crippen LogP contribution is 2.26. The minimum atomic E-state index is -3.88. The summed E-state index contributed by atoms with van der Waals surface area (Å²) in [6, 6.07) is 4.28. The summed E-state index contributed by atoms with van der Waals surface area (Å²) in [4.78, 5) is 13.3. The van der Waals surface area contributed by atoms with Crippen molar-refractivity contribution in [3.05, 3.63) is 23.2 Å². The molecule has 0 heterocycles. The third-order valence-corrected chi connectivity index (χ3v) is 4.76. The fraction of sp³-hybridized carbons (Fsp3) is 0.500. The first kappa shape index (κ1) is 18.7. The minimum Gasteiger partial charge on any atom is -0.495 e. The number of carbonyl (C=O) groups excluding carboxylic acids is 1. The summed E-state index contributed by atoms with van der Waals surface area (Å²) in [6.07, 6.45) is 1.83. The topological polar surface area (TPSA) is 75.7 Å². The molecule has 0 radical (unpaired) electrons. The van der Waals surface area contributed by atoms with E-state index < -0.39 is 10.0 Å². The van der Waals surface area contributed by atoms with Crippen LogP contribution in [0.2, 0.25) is 5.02 Å². The molecule has 0 aliphatic heterocycles. The molecule has 1 aromatic rings. The van der Waals surface area contributed by atoms with Gasteiger partial charge in [0.1, 0.15) is 10.6 Å². The lowest BCUT2D eigenvalue weighted by Crippen LogP contribution is -2.38. The first-order valence-corrected chi connectivity index (χ1v) is 8.75. The number of methoxy groups -OCH3 is 1. The smallest absolute Gasteiger partial charge is 0.244 e. The maximum absolute atomic E-state index is 12.3. The molecule has 0 spiro atoms. The summed E-state index contributed by atoms with van der Waals surface area (Å²) in [7, 11) is -0.869. The van der Waals surface area contributed by atoms with Crippen LogP contribution in [0.25, 0.3) is 0 Å². The largest absolute Gasteiger partial charge is 0.495 e. The van der Waals surface area contributed by atoms with Gasteiger partial charge in [-0.1, -0.05) is 24.9 Å². The van der Waals surface area contributed by atoms with E-state index in [1.54, 1.807) is 7.05 Å². The number of unbranched alkanes of at least 4 members (excludes halogenated alkanes) is 1. The molecule has 0 unspecified atom stereocenters. The van der Waals surface area contributed by atoms with Crippen molar-refractivity contribution in [1.29, 1.82) is 0 Å². The first-order chi connectivity index (χ1) is 10.3. The van der Waals surface area contributed by atoms with Crippen LogP contribution >= 0.6 is 11.6 Å². The van der Waals surface area contributed by atoms with Gasteiger partial charge in [0, 0.05) is 18.6 Å². The number of halogens is 1. The summed E-state index contributed by atoms with van der Waals surface area (Å²) in [5.41, 5.74) is 0. The average Bonchev–Trinajstić information content (AvgIpc) is 2.50. The number of rotatable bonds is 8. The Kier molecular flexibility index (Phi) is 7.12. The van der Waals surface area contributed by atoms with Crippen molar-refractivity contribution in [3.8, 4) is 5.75 Å². The molecule has 124 valence electrons. The third kappa shape index (κ3) is 5.15. The van der Waals surface area contributed by atoms with E-state index in [1.165, 1.54) is 30.2 Å². The number of nitrogens with zero attached hydrogens (tertiary/aromatic N) is 1. The van der Waals surface area contributed by atoms with Crippen molar-refractivity contribution in [1.82, 2.24) is 9.62 Å². The van der Waals surface area contributed by atoms with E-state index in [0.29, 0.717) is 6.54 Å². The predicted molar refractivity (Wildman–Crippen MR) is 85.7 cm³/mol. The lowest BCUT2D eigenvalue weighted by atomic mass is 10.3. The van der Waals surface area contributed by atoms with E-state index in [2.05, 4.69) is 4.72 Å². The Hall–Kier alpha value is -1.31. The Morgan fingerprint density at radius 3 is 2.68 bits per heavy atom. The molecular weight excluding hydrogens is 328 g/mol. The average molecular weight is 349 g/mol. The number of nitrogens with one attached hydrogen (secondary N) is 1. The van der Waals surface area contributed by atoms with Gasteiger partial charge >= 0.3 is 0 Å². The van der Waals surface area contributed by atoms with E-state index in [-0.39, 0.29) is 28.1 Å². The molecule has 0 saturated carbocycles. The second-order valence-electron chi connectivity index (χ2n) is 4.79. The van der Waals surface area contributed by atoms with Crippen LogP contribution < -0.4 is 9.46 Å². The Balaban J connectivity index is 2.80. The fourth-order valence-corrected chi connectivity index (χ4v) is 3.15. The van der Waals surface area contributed by atoms with Crippen LogP contribution in [0.3, 0.4) is 0 Å². The van der Waals surface area contributed by atoms with Gasteiger partial charge in [0.15, 0.2) is 0 Å². The van der Waals surface area contributed by atoms with Crippen LogP contribution in [0.5, 0.6) is 5.75 Å². The molecule has 0 fully saturated rings. The van der Waals surface area contributed by atoms with E-state index in [4.69, 9.17) is 16.3 Å². The number of hydrogen-bond donors (Lipinski definition) is 1. The quantitative estimate of drug-likeness (QED) is 0.778. The lowest BCUT2D eigenvalue weighted by Gasteiger charge is -2.17. The van der Waals surface area contributed by atoms with Crippen molar-refractivity contribution in [2.45, 2.75) is 24.7 Å². The fourth-order valence-electron chi connectivity index (χ4n) is 1.75. The van der Waals surface area contributed by atoms with Crippen molar-refractivity contribution in [2.75, 3.05) is 27.2 Å². The zero-order chi connectivity index (χ0) is 16.8. The zero-order valence-electron chi connectivity index (χ0n) is 12.9. The monoisotopic (exact) mass is 348 g/mol. The second kappa shape index (κ2) is 8.36. The zero-order valence-corrected chi connectivity index (χ0v) is 14.5. The maximum Gasteiger partial charge on any atom is 0.244 e. The summed E-state index contributed by atoms with van der Waals surface area (Å²) in [6.45, 7) is 2.31. The third-order valence-electron chi connectivity index (χ3n) is 3.10. The SMILES string of the molecule is CCCCN(C)C(=O)CNS(=O)(=O)c1cc(Cl)ccc1OC. The van der Waals surface area contributed by atoms with Gasteiger partial charge in [-0.15, -0.1) is 0 Å². The molecule has 0 aliphatic rings. The summed E-state index contributed by atoms with van der Waals surface area (Å²) >= 11 is 5.83. The highest BCUT2D eigenvalue weighted by atomic mass is 35.5. The molecule has 0 bridgehead atoms. The first-order valence-electron chi connectivity index (χ1n) is 6.89. The molecular formula is C14H21ClN2O4S. The number of carbonyl (C=O) groups is 1. The van der Waals surface area contributed by atoms with Gasteiger partial charge in [0.2, 0.25) is 15.9 Å². The molecule has 22 heavy (non-hydrogen) atoms. The number of benzene rings is 1. The van der Waals surface area contributed by atoms with E-state index >= 15 is 0 Å². The van der Waals surface area contributed by atoms with Crippen molar-refractivity contribution >= 4 is 27.5 Å². The van der Waals surface area contributed by atoms with Crippen LogP contribution in [0.4, 0.5) is 0 Å². The highest BCUT2D eigenvalue weighted by molar-refractivity contribution is 7.89. The van der Waals surface area contributed by atoms with Gasteiger partial charge in [-0.2, -0.15) is 0 Å². The number of hydrogen-bond acceptors (Lipinski definition) is 4. The Morgan fingerprint density at radius 1 is 1.41 bits per heavy atom. The van der Waals surface area contributed by atoms with Crippen molar-refractivity contribution in [3.63, 3.8) is 0 Å². The molecule has 0 atom stereocenters. The van der Waals surface area contributed by atoms with Crippen LogP contribution in [0.15, 0.2) is 23.1 Å². The second-order valence-corrected chi connectivity index (χ2v) is 6.96. The Bertz CT molecular complexity index is 619. The highest BCUT2D eigenvalue weighted by Gasteiger charge is 2.21. The summed E-state index contributed by atoms with van der Waals surface area (Å²) in [5.74, 6) is -0.123. The van der Waals surface area contributed by atoms with E-state index in [1.807, 2.05) is 6.92 Å². The maximum atomic E-state index is 12.3. The molecule has 1 rings (SSSR count). The number of sulfonamides is 1. The van der Waals surface area contributed by atoms with Crippen LogP contribution in [-0.4, -0.2) is 46.5 Å². The molecule has 8 heteroatoms. The standard InChI is InChI=1S/C14H21ClN2O4S/c1-4-5-8-17(2)14(18)10-16-22(19,20)13-9-11(15)6-7-12(13)21-3/h6-7,9,16H,4-5,8,10H2,1-3H3. The van der Waals surface area contributed by atoms with Gasteiger partial charge in [-0.05, 0) is 24.6 Å². The van der Waals surface area contributed by atoms with Crippen molar-refractivity contribution < 1.29 is 17.9 Å². The predicted octanol–water partition coefficient (Wildman–Crippen LogP) is 1.89. The normalized spacial score (nSPS) is 11.3. The van der Waals surface area contributed by atoms with Gasteiger partial charge in [0.05, 0.1) is 13.7 Å². The minimum absolute atomic E-state index is 0.0912. The molecule has 1 amide bonds. The van der Waals surface area contributed by atoms with Gasteiger partial charge in [0.25, 0.3) is 0 Å². The molecule has 1 aromatic carbocycles. The Labute approximate surface area is 136 Å². The van der Waals surface area contributed by atoms with Gasteiger partial charge in [-0.3, -0.25) is 4.79 Å². The van der Waals surface area contributed by atoms with Crippen LogP contribution in [0, 0.1) is 0 Å². The molecule has 6 nitrogen and oxygen atoms in total. The lowest BCUT2D eigenvalue weighted by molar-refractivity contribution is -0.128. The molecule has 0 aliphatic carbocycles. The van der Waals surface area contributed by atoms with Crippen LogP contribution in [-0.2, 0) is 14.8 Å². The van der Waals surface area contributed by atoms with Gasteiger partial charge < -0.3 is 9.64 Å². The number of amides is 1. The molecule has 0 aromatic heterocycles. The molecule has 0 saturated heterocycles. The summed E-state index contributed by atoms with van der Waals surface area (Å²) in [5, 5.41) is 0.271. The molecule has 1 N–H and O–H groups in total. The van der Waals surface area contributed by atoms with E-state index in [0.717, 1.165) is 12.8 Å². The van der Waals surface area contributed by atoms with E-state index in [9.17, 15) is 13.2 Å². The number of ether oxygens (including phenoxy) is 1.